The number of rotatable bonds is 7. The molecule has 1 aliphatic heterocycles. The zero-order valence-electron chi connectivity index (χ0n) is 15.7. The zero-order valence-corrected chi connectivity index (χ0v) is 15.7. The standard InChI is InChI=1S/C20H19N3O6/c1-21-17-8-7-15(23(27)28)11-16(17)20(26)29-12-18(24)13-4-2-5-14(10-13)22-9-3-6-19(22)25/h2,4-5,7-8,10-11,21H,3,6,9,12H2,1H3. The predicted molar refractivity (Wildman–Crippen MR) is 105 cm³/mol. The minimum atomic E-state index is -0.850. The number of ether oxygens (including phenoxy) is 1. The van der Waals surface area contributed by atoms with Crippen molar-refractivity contribution in [3.05, 3.63) is 63.7 Å². The molecule has 9 nitrogen and oxygen atoms in total. The molecule has 9 heteroatoms. The molecule has 29 heavy (non-hydrogen) atoms. The molecule has 0 unspecified atom stereocenters. The van der Waals surface area contributed by atoms with E-state index in [1.807, 2.05) is 0 Å². The fourth-order valence-electron chi connectivity index (χ4n) is 3.09. The van der Waals surface area contributed by atoms with Crippen LogP contribution in [0.4, 0.5) is 17.1 Å². The number of carbonyl (C=O) groups excluding carboxylic acids is 3. The summed E-state index contributed by atoms with van der Waals surface area (Å²) in [5.41, 5.74) is 0.988. The van der Waals surface area contributed by atoms with Gasteiger partial charge in [0.05, 0.1) is 10.5 Å². The Balaban J connectivity index is 1.71. The van der Waals surface area contributed by atoms with Crippen LogP contribution in [0.25, 0.3) is 0 Å². The van der Waals surface area contributed by atoms with E-state index in [0.29, 0.717) is 29.9 Å². The monoisotopic (exact) mass is 397 g/mol. The largest absolute Gasteiger partial charge is 0.454 e. The Labute approximate surface area is 166 Å². The Hall–Kier alpha value is -3.75. The number of Topliss-reactive ketones (excluding diaryl/α,β-unsaturated/α-hetero) is 1. The quantitative estimate of drug-likeness (QED) is 0.330. The number of nitrogens with one attached hydrogen (secondary N) is 1. The highest BCUT2D eigenvalue weighted by molar-refractivity contribution is 6.02. The second-order valence-corrected chi connectivity index (χ2v) is 6.44. The smallest absolute Gasteiger partial charge is 0.340 e. The van der Waals surface area contributed by atoms with Crippen molar-refractivity contribution >= 4 is 34.7 Å². The zero-order chi connectivity index (χ0) is 21.0. The third-order valence-electron chi connectivity index (χ3n) is 4.59. The van der Waals surface area contributed by atoms with Gasteiger partial charge in [0.15, 0.2) is 12.4 Å². The van der Waals surface area contributed by atoms with E-state index in [-0.39, 0.29) is 17.2 Å². The van der Waals surface area contributed by atoms with Crippen LogP contribution in [0.3, 0.4) is 0 Å². The number of nitro groups is 1. The van der Waals surface area contributed by atoms with E-state index in [2.05, 4.69) is 5.32 Å². The highest BCUT2D eigenvalue weighted by Crippen LogP contribution is 2.24. The molecule has 3 rings (SSSR count). The predicted octanol–water partition coefficient (Wildman–Crippen LogP) is 2.80. The van der Waals surface area contributed by atoms with Gasteiger partial charge in [-0.25, -0.2) is 4.79 Å². The van der Waals surface area contributed by atoms with Crippen LogP contribution in [0, 0.1) is 10.1 Å². The molecule has 1 fully saturated rings. The van der Waals surface area contributed by atoms with Gasteiger partial charge >= 0.3 is 5.97 Å². The fraction of sp³-hybridized carbons (Fsp3) is 0.250. The third kappa shape index (κ3) is 4.40. The van der Waals surface area contributed by atoms with Crippen molar-refractivity contribution in [3.8, 4) is 0 Å². The molecule has 0 atom stereocenters. The Morgan fingerprint density at radius 2 is 2.03 bits per heavy atom. The lowest BCUT2D eigenvalue weighted by atomic mass is 10.1. The summed E-state index contributed by atoms with van der Waals surface area (Å²) in [6.07, 6.45) is 1.25. The maximum atomic E-state index is 12.5. The number of benzene rings is 2. The highest BCUT2D eigenvalue weighted by Gasteiger charge is 2.23. The van der Waals surface area contributed by atoms with Gasteiger partial charge in [0, 0.05) is 49.1 Å². The molecule has 1 saturated heterocycles. The molecule has 1 N–H and O–H groups in total. The first-order chi connectivity index (χ1) is 13.9. The van der Waals surface area contributed by atoms with Gasteiger partial charge in [-0.3, -0.25) is 19.7 Å². The van der Waals surface area contributed by atoms with Gasteiger partial charge < -0.3 is 15.0 Å². The van der Waals surface area contributed by atoms with Crippen LogP contribution in [0.5, 0.6) is 0 Å². The number of hydrogen-bond donors (Lipinski definition) is 1. The summed E-state index contributed by atoms with van der Waals surface area (Å²) in [5, 5.41) is 13.7. The lowest BCUT2D eigenvalue weighted by Crippen LogP contribution is -2.24. The van der Waals surface area contributed by atoms with Crippen molar-refractivity contribution in [1.29, 1.82) is 0 Å². The second-order valence-electron chi connectivity index (χ2n) is 6.44. The van der Waals surface area contributed by atoms with Crippen molar-refractivity contribution in [2.24, 2.45) is 0 Å². The van der Waals surface area contributed by atoms with Gasteiger partial charge in [-0.1, -0.05) is 12.1 Å². The maximum absolute atomic E-state index is 12.5. The van der Waals surface area contributed by atoms with Crippen LogP contribution in [0.2, 0.25) is 0 Å². The van der Waals surface area contributed by atoms with Gasteiger partial charge in [0.1, 0.15) is 0 Å². The Bertz CT molecular complexity index is 988. The summed E-state index contributed by atoms with van der Waals surface area (Å²) >= 11 is 0. The number of nitro benzene ring substituents is 1. The van der Waals surface area contributed by atoms with Crippen LogP contribution in [0.1, 0.15) is 33.6 Å². The first-order valence-corrected chi connectivity index (χ1v) is 8.97. The number of hydrogen-bond acceptors (Lipinski definition) is 7. The number of non-ortho nitro benzene ring substituents is 1. The Morgan fingerprint density at radius 1 is 1.24 bits per heavy atom. The summed E-state index contributed by atoms with van der Waals surface area (Å²) < 4.78 is 5.08. The molecule has 1 aliphatic rings. The normalized spacial score (nSPS) is 13.3. The third-order valence-corrected chi connectivity index (χ3v) is 4.59. The average molecular weight is 397 g/mol. The van der Waals surface area contributed by atoms with Crippen LogP contribution in [-0.4, -0.2) is 42.8 Å². The minimum absolute atomic E-state index is 0.00583. The molecule has 0 aromatic heterocycles. The highest BCUT2D eigenvalue weighted by atomic mass is 16.6. The topological polar surface area (TPSA) is 119 Å². The number of amides is 1. The average Bonchev–Trinajstić information content (AvgIpc) is 3.17. The van der Waals surface area contributed by atoms with E-state index >= 15 is 0 Å². The Morgan fingerprint density at radius 3 is 2.69 bits per heavy atom. The molecule has 2 aromatic carbocycles. The van der Waals surface area contributed by atoms with Gasteiger partial charge in [-0.15, -0.1) is 0 Å². The molecular weight excluding hydrogens is 378 g/mol. The van der Waals surface area contributed by atoms with E-state index in [0.717, 1.165) is 12.5 Å². The maximum Gasteiger partial charge on any atom is 0.340 e. The second kappa shape index (κ2) is 8.51. The van der Waals surface area contributed by atoms with Crippen molar-refractivity contribution in [2.45, 2.75) is 12.8 Å². The molecule has 0 aliphatic carbocycles. The molecule has 0 bridgehead atoms. The Kier molecular flexibility index (Phi) is 5.87. The number of anilines is 2. The summed E-state index contributed by atoms with van der Waals surface area (Å²) in [5.74, 6) is -1.29. The molecule has 0 radical (unpaired) electrons. The fourth-order valence-corrected chi connectivity index (χ4v) is 3.09. The molecule has 0 spiro atoms. The van der Waals surface area contributed by atoms with Crippen LogP contribution < -0.4 is 10.2 Å². The van der Waals surface area contributed by atoms with E-state index in [4.69, 9.17) is 4.74 Å². The minimum Gasteiger partial charge on any atom is -0.454 e. The van der Waals surface area contributed by atoms with Gasteiger partial charge in [0.25, 0.3) is 5.69 Å². The van der Waals surface area contributed by atoms with E-state index < -0.39 is 23.3 Å². The van der Waals surface area contributed by atoms with Crippen molar-refractivity contribution < 1.29 is 24.0 Å². The van der Waals surface area contributed by atoms with Crippen molar-refractivity contribution in [1.82, 2.24) is 0 Å². The molecule has 1 heterocycles. The number of carbonyl (C=O) groups is 3. The molecular formula is C20H19N3O6. The van der Waals surface area contributed by atoms with Crippen molar-refractivity contribution in [3.63, 3.8) is 0 Å². The number of nitrogens with zero attached hydrogens (tertiary/aromatic N) is 2. The number of ketones is 1. The van der Waals surface area contributed by atoms with Gasteiger partial charge in [-0.2, -0.15) is 0 Å². The molecule has 1 amide bonds. The van der Waals surface area contributed by atoms with Crippen LogP contribution in [-0.2, 0) is 9.53 Å². The van der Waals surface area contributed by atoms with E-state index in [1.165, 1.54) is 12.1 Å². The first-order valence-electron chi connectivity index (χ1n) is 8.97. The summed E-state index contributed by atoms with van der Waals surface area (Å²) in [4.78, 5) is 48.6. The number of esters is 1. The lowest BCUT2D eigenvalue weighted by Gasteiger charge is -2.16. The van der Waals surface area contributed by atoms with Gasteiger partial charge in [0.2, 0.25) is 5.91 Å². The van der Waals surface area contributed by atoms with Crippen molar-refractivity contribution in [2.75, 3.05) is 30.4 Å². The summed E-state index contributed by atoms with van der Waals surface area (Å²) in [6, 6.07) is 10.3. The molecule has 150 valence electrons. The summed E-state index contributed by atoms with van der Waals surface area (Å²) in [7, 11) is 1.56. The SMILES string of the molecule is CNc1ccc([N+](=O)[O-])cc1C(=O)OCC(=O)c1cccc(N2CCCC2=O)c1. The van der Waals surface area contributed by atoms with E-state index in [1.54, 1.807) is 36.2 Å². The first kappa shape index (κ1) is 20.0. The molecule has 2 aromatic rings. The lowest BCUT2D eigenvalue weighted by molar-refractivity contribution is -0.384. The van der Waals surface area contributed by atoms with Crippen LogP contribution in [0.15, 0.2) is 42.5 Å². The van der Waals surface area contributed by atoms with Gasteiger partial charge in [-0.05, 0) is 24.6 Å². The van der Waals surface area contributed by atoms with E-state index in [9.17, 15) is 24.5 Å². The molecule has 0 saturated carbocycles. The summed E-state index contributed by atoms with van der Waals surface area (Å²) in [6.45, 7) is 0.0765. The van der Waals surface area contributed by atoms with Crippen LogP contribution >= 0.6 is 0 Å².